The second kappa shape index (κ2) is 6.38. The largest absolute Gasteiger partial charge is 0.362 e. The molecular formula is C11H23N3S. The molecule has 0 spiro atoms. The first-order chi connectivity index (χ1) is 7.11. The van der Waals surface area contributed by atoms with Gasteiger partial charge in [-0.3, -0.25) is 4.99 Å². The Bertz CT molecular complexity index is 216. The third-order valence-corrected chi connectivity index (χ3v) is 3.84. The molecule has 1 N–H and O–H groups in total. The summed E-state index contributed by atoms with van der Waals surface area (Å²) >= 11 is 1.90. The van der Waals surface area contributed by atoms with Gasteiger partial charge in [0.2, 0.25) is 0 Å². The SMILES string of the molecule is CCC1CN=C(NC(C)CCN(C)C)S1. The lowest BCUT2D eigenvalue weighted by Crippen LogP contribution is -2.32. The van der Waals surface area contributed by atoms with E-state index in [2.05, 4.69) is 43.2 Å². The van der Waals surface area contributed by atoms with Gasteiger partial charge in [0.05, 0.1) is 6.54 Å². The molecule has 2 unspecified atom stereocenters. The van der Waals surface area contributed by atoms with Crippen LogP contribution in [-0.4, -0.2) is 48.5 Å². The summed E-state index contributed by atoms with van der Waals surface area (Å²) < 4.78 is 0. The molecule has 1 aliphatic heterocycles. The van der Waals surface area contributed by atoms with Crippen molar-refractivity contribution in [1.82, 2.24) is 10.2 Å². The lowest BCUT2D eigenvalue weighted by Gasteiger charge is -2.17. The normalized spacial score (nSPS) is 23.0. The van der Waals surface area contributed by atoms with Gasteiger partial charge in [0, 0.05) is 11.3 Å². The first-order valence-corrected chi connectivity index (χ1v) is 6.62. The van der Waals surface area contributed by atoms with Crippen molar-refractivity contribution in [3.8, 4) is 0 Å². The van der Waals surface area contributed by atoms with E-state index in [0.717, 1.165) is 18.3 Å². The summed E-state index contributed by atoms with van der Waals surface area (Å²) in [6.45, 7) is 6.57. The monoisotopic (exact) mass is 229 g/mol. The van der Waals surface area contributed by atoms with Crippen LogP contribution in [0.2, 0.25) is 0 Å². The zero-order valence-corrected chi connectivity index (χ0v) is 11.1. The van der Waals surface area contributed by atoms with Crippen LogP contribution in [0.3, 0.4) is 0 Å². The van der Waals surface area contributed by atoms with Crippen molar-refractivity contribution in [3.63, 3.8) is 0 Å². The summed E-state index contributed by atoms with van der Waals surface area (Å²) in [6, 6.07) is 0.522. The maximum Gasteiger partial charge on any atom is 0.157 e. The summed E-state index contributed by atoms with van der Waals surface area (Å²) in [5, 5.41) is 5.33. The molecular weight excluding hydrogens is 206 g/mol. The highest BCUT2D eigenvalue weighted by molar-refractivity contribution is 8.14. The highest BCUT2D eigenvalue weighted by atomic mass is 32.2. The average Bonchev–Trinajstić information content (AvgIpc) is 2.62. The number of nitrogens with zero attached hydrogens (tertiary/aromatic N) is 2. The molecule has 0 fully saturated rings. The Morgan fingerprint density at radius 2 is 2.33 bits per heavy atom. The maximum absolute atomic E-state index is 4.51. The molecule has 0 bridgehead atoms. The predicted octanol–water partition coefficient (Wildman–Crippen LogP) is 1.80. The Kier molecular flexibility index (Phi) is 5.47. The fourth-order valence-corrected chi connectivity index (χ4v) is 2.49. The van der Waals surface area contributed by atoms with Gasteiger partial charge in [0.25, 0.3) is 0 Å². The molecule has 0 amide bonds. The highest BCUT2D eigenvalue weighted by Crippen LogP contribution is 2.22. The van der Waals surface area contributed by atoms with Crippen LogP contribution in [0.5, 0.6) is 0 Å². The second-order valence-electron chi connectivity index (χ2n) is 4.43. The van der Waals surface area contributed by atoms with Gasteiger partial charge >= 0.3 is 0 Å². The zero-order chi connectivity index (χ0) is 11.3. The molecule has 0 saturated carbocycles. The fourth-order valence-electron chi connectivity index (χ4n) is 1.44. The smallest absolute Gasteiger partial charge is 0.157 e. The minimum atomic E-state index is 0.522. The van der Waals surface area contributed by atoms with Crippen molar-refractivity contribution in [2.24, 2.45) is 4.99 Å². The quantitative estimate of drug-likeness (QED) is 0.779. The Hall–Kier alpha value is -0.220. The van der Waals surface area contributed by atoms with E-state index in [9.17, 15) is 0 Å². The van der Waals surface area contributed by atoms with Crippen LogP contribution >= 0.6 is 11.8 Å². The van der Waals surface area contributed by atoms with E-state index >= 15 is 0 Å². The van der Waals surface area contributed by atoms with E-state index < -0.39 is 0 Å². The molecule has 0 aliphatic carbocycles. The summed E-state index contributed by atoms with van der Waals surface area (Å²) in [5.41, 5.74) is 0. The maximum atomic E-state index is 4.51. The van der Waals surface area contributed by atoms with Gasteiger partial charge in [-0.2, -0.15) is 0 Å². The third kappa shape index (κ3) is 4.89. The molecule has 0 saturated heterocycles. The molecule has 3 nitrogen and oxygen atoms in total. The molecule has 0 aromatic carbocycles. The van der Waals surface area contributed by atoms with Gasteiger partial charge in [-0.15, -0.1) is 0 Å². The molecule has 0 aromatic rings. The van der Waals surface area contributed by atoms with Crippen LogP contribution in [0.1, 0.15) is 26.7 Å². The van der Waals surface area contributed by atoms with Gasteiger partial charge in [0.1, 0.15) is 0 Å². The van der Waals surface area contributed by atoms with Crippen LogP contribution in [0, 0.1) is 0 Å². The lowest BCUT2D eigenvalue weighted by atomic mass is 10.2. The first-order valence-electron chi connectivity index (χ1n) is 5.74. The molecule has 1 aliphatic rings. The van der Waals surface area contributed by atoms with E-state index in [4.69, 9.17) is 0 Å². The van der Waals surface area contributed by atoms with Crippen molar-refractivity contribution in [2.75, 3.05) is 27.2 Å². The Morgan fingerprint density at radius 1 is 1.60 bits per heavy atom. The zero-order valence-electron chi connectivity index (χ0n) is 10.3. The molecule has 0 aromatic heterocycles. The van der Waals surface area contributed by atoms with Crippen LogP contribution in [0.4, 0.5) is 0 Å². The lowest BCUT2D eigenvalue weighted by molar-refractivity contribution is 0.379. The second-order valence-corrected chi connectivity index (χ2v) is 5.72. The number of nitrogens with one attached hydrogen (secondary N) is 1. The molecule has 1 rings (SSSR count). The van der Waals surface area contributed by atoms with Gasteiger partial charge in [-0.05, 0) is 40.4 Å². The van der Waals surface area contributed by atoms with E-state index in [1.807, 2.05) is 11.8 Å². The minimum Gasteiger partial charge on any atom is -0.362 e. The van der Waals surface area contributed by atoms with Crippen LogP contribution in [0.15, 0.2) is 4.99 Å². The highest BCUT2D eigenvalue weighted by Gasteiger charge is 2.18. The summed E-state index contributed by atoms with van der Waals surface area (Å²) in [5.74, 6) is 0. The van der Waals surface area contributed by atoms with Gasteiger partial charge in [-0.25, -0.2) is 0 Å². The number of hydrogen-bond acceptors (Lipinski definition) is 4. The summed E-state index contributed by atoms with van der Waals surface area (Å²) in [7, 11) is 4.23. The van der Waals surface area contributed by atoms with Gasteiger partial charge < -0.3 is 10.2 Å². The Labute approximate surface area is 97.7 Å². The number of hydrogen-bond donors (Lipinski definition) is 1. The van der Waals surface area contributed by atoms with Gasteiger partial charge in [-0.1, -0.05) is 18.7 Å². The van der Waals surface area contributed by atoms with Crippen molar-refractivity contribution in [3.05, 3.63) is 0 Å². The summed E-state index contributed by atoms with van der Waals surface area (Å²) in [4.78, 5) is 6.73. The molecule has 0 radical (unpaired) electrons. The molecule has 2 atom stereocenters. The van der Waals surface area contributed by atoms with E-state index in [0.29, 0.717) is 11.3 Å². The van der Waals surface area contributed by atoms with Crippen LogP contribution < -0.4 is 5.32 Å². The number of aliphatic imine (C=N–C) groups is 1. The number of amidine groups is 1. The topological polar surface area (TPSA) is 27.6 Å². The predicted molar refractivity (Wildman–Crippen MR) is 69.7 cm³/mol. The number of rotatable bonds is 5. The summed E-state index contributed by atoms with van der Waals surface area (Å²) in [6.07, 6.45) is 2.38. The van der Waals surface area contributed by atoms with Crippen molar-refractivity contribution in [1.29, 1.82) is 0 Å². The molecule has 15 heavy (non-hydrogen) atoms. The molecule has 4 heteroatoms. The molecule has 1 heterocycles. The third-order valence-electron chi connectivity index (χ3n) is 2.55. The van der Waals surface area contributed by atoms with Crippen LogP contribution in [-0.2, 0) is 0 Å². The minimum absolute atomic E-state index is 0.522. The fraction of sp³-hybridized carbons (Fsp3) is 0.909. The van der Waals surface area contributed by atoms with Crippen LogP contribution in [0.25, 0.3) is 0 Å². The van der Waals surface area contributed by atoms with Crippen molar-refractivity contribution < 1.29 is 0 Å². The Morgan fingerprint density at radius 3 is 2.87 bits per heavy atom. The van der Waals surface area contributed by atoms with E-state index in [1.165, 1.54) is 12.8 Å². The number of thioether (sulfide) groups is 1. The molecule has 88 valence electrons. The first kappa shape index (κ1) is 12.8. The van der Waals surface area contributed by atoms with Crippen molar-refractivity contribution >= 4 is 16.9 Å². The average molecular weight is 229 g/mol. The standard InChI is InChI=1S/C11H23N3S/c1-5-10-8-12-11(15-10)13-9(2)6-7-14(3)4/h9-10H,5-8H2,1-4H3,(H,12,13). The van der Waals surface area contributed by atoms with Gasteiger partial charge in [0.15, 0.2) is 5.17 Å². The van der Waals surface area contributed by atoms with E-state index in [1.54, 1.807) is 0 Å². The Balaban J connectivity index is 2.18. The van der Waals surface area contributed by atoms with E-state index in [-0.39, 0.29) is 0 Å². The van der Waals surface area contributed by atoms with Crippen molar-refractivity contribution in [2.45, 2.75) is 38.0 Å².